The fourth-order valence-corrected chi connectivity index (χ4v) is 1.41. The van der Waals surface area contributed by atoms with Crippen molar-refractivity contribution in [3.63, 3.8) is 0 Å². The van der Waals surface area contributed by atoms with Crippen LogP contribution in [0.4, 0.5) is 0 Å². The lowest BCUT2D eigenvalue weighted by molar-refractivity contribution is 0.187. The third kappa shape index (κ3) is 1.83. The lowest BCUT2D eigenvalue weighted by Gasteiger charge is -2.05. The van der Waals surface area contributed by atoms with Gasteiger partial charge in [0.05, 0.1) is 0 Å². The molecule has 0 bridgehead atoms. The summed E-state index contributed by atoms with van der Waals surface area (Å²) >= 11 is 3.16. The van der Waals surface area contributed by atoms with Crippen molar-refractivity contribution in [1.82, 2.24) is 9.97 Å². The van der Waals surface area contributed by atoms with Gasteiger partial charge in [0.15, 0.2) is 4.67 Å². The van der Waals surface area contributed by atoms with Gasteiger partial charge in [-0.05, 0) is 28.1 Å². The Bertz CT molecular complexity index is 416. The van der Waals surface area contributed by atoms with Crippen molar-refractivity contribution in [2.24, 2.45) is 0 Å². The molecule has 1 atom stereocenters. The molecule has 0 aliphatic carbocycles. The van der Waals surface area contributed by atoms with Crippen molar-refractivity contribution in [2.45, 2.75) is 6.10 Å². The van der Waals surface area contributed by atoms with Gasteiger partial charge in [-0.2, -0.15) is 0 Å². The molecule has 0 amide bonds. The first-order valence-corrected chi connectivity index (χ1v) is 4.75. The molecule has 0 saturated heterocycles. The predicted molar refractivity (Wildman–Crippen MR) is 52.5 cm³/mol. The Hall–Kier alpha value is -1.20. The first-order chi connectivity index (χ1) is 6.77. The van der Waals surface area contributed by atoms with Crippen molar-refractivity contribution < 1.29 is 9.52 Å². The highest BCUT2D eigenvalue weighted by Crippen LogP contribution is 2.24. The summed E-state index contributed by atoms with van der Waals surface area (Å²) in [5.41, 5.74) is 0.606. The Morgan fingerprint density at radius 1 is 1.29 bits per heavy atom. The van der Waals surface area contributed by atoms with Gasteiger partial charge < -0.3 is 9.52 Å². The first-order valence-electron chi connectivity index (χ1n) is 3.95. The number of hydrogen-bond acceptors (Lipinski definition) is 4. The molecule has 14 heavy (non-hydrogen) atoms. The zero-order valence-corrected chi connectivity index (χ0v) is 8.68. The molecule has 0 aliphatic rings. The molecule has 0 spiro atoms. The minimum atomic E-state index is -0.817. The summed E-state index contributed by atoms with van der Waals surface area (Å²) in [4.78, 5) is 7.63. The van der Waals surface area contributed by atoms with E-state index >= 15 is 0 Å². The molecule has 2 aromatic rings. The van der Waals surface area contributed by atoms with Crippen LogP contribution >= 0.6 is 15.9 Å². The topological polar surface area (TPSA) is 59.2 Å². The zero-order chi connectivity index (χ0) is 9.97. The largest absolute Gasteiger partial charge is 0.451 e. The Balaban J connectivity index is 2.29. The Labute approximate surface area is 88.7 Å². The van der Waals surface area contributed by atoms with Crippen molar-refractivity contribution in [2.75, 3.05) is 0 Å². The van der Waals surface area contributed by atoms with E-state index in [9.17, 15) is 5.11 Å². The average molecular weight is 255 g/mol. The van der Waals surface area contributed by atoms with Crippen LogP contribution in [0.5, 0.6) is 0 Å². The van der Waals surface area contributed by atoms with Crippen molar-refractivity contribution in [3.8, 4) is 0 Å². The number of nitrogens with zero attached hydrogens (tertiary/aromatic N) is 2. The van der Waals surface area contributed by atoms with E-state index < -0.39 is 6.10 Å². The maximum Gasteiger partial charge on any atom is 0.169 e. The lowest BCUT2D eigenvalue weighted by Crippen LogP contribution is -1.98. The second kappa shape index (κ2) is 3.89. The molecule has 0 aromatic carbocycles. The molecule has 0 saturated carbocycles. The van der Waals surface area contributed by atoms with Gasteiger partial charge in [-0.25, -0.2) is 9.97 Å². The highest BCUT2D eigenvalue weighted by Gasteiger charge is 2.14. The number of rotatable bonds is 2. The smallest absolute Gasteiger partial charge is 0.169 e. The predicted octanol–water partition coefficient (Wildman–Crippen LogP) is 1.91. The van der Waals surface area contributed by atoms with Crippen LogP contribution in [-0.4, -0.2) is 15.1 Å². The van der Waals surface area contributed by atoms with Crippen LogP contribution in [-0.2, 0) is 0 Å². The van der Waals surface area contributed by atoms with E-state index in [0.29, 0.717) is 16.0 Å². The molecule has 2 heterocycles. The quantitative estimate of drug-likeness (QED) is 0.890. The molecule has 72 valence electrons. The van der Waals surface area contributed by atoms with E-state index in [1.807, 2.05) is 0 Å². The first kappa shape index (κ1) is 9.36. The lowest BCUT2D eigenvalue weighted by atomic mass is 10.1. The van der Waals surface area contributed by atoms with E-state index in [4.69, 9.17) is 4.42 Å². The van der Waals surface area contributed by atoms with Crippen LogP contribution in [0.15, 0.2) is 39.9 Å². The van der Waals surface area contributed by atoms with Gasteiger partial charge in [-0.1, -0.05) is 0 Å². The Morgan fingerprint density at radius 3 is 2.57 bits per heavy atom. The molecule has 4 nitrogen and oxygen atoms in total. The van der Waals surface area contributed by atoms with Gasteiger partial charge in [0.2, 0.25) is 0 Å². The highest BCUT2D eigenvalue weighted by atomic mass is 79.9. The van der Waals surface area contributed by atoms with E-state index in [1.165, 1.54) is 6.33 Å². The molecular weight excluding hydrogens is 248 g/mol. The van der Waals surface area contributed by atoms with E-state index in [1.54, 1.807) is 24.5 Å². The van der Waals surface area contributed by atoms with Crippen LogP contribution in [0.25, 0.3) is 0 Å². The van der Waals surface area contributed by atoms with Gasteiger partial charge in [-0.15, -0.1) is 0 Å². The maximum absolute atomic E-state index is 9.81. The molecule has 2 rings (SSSR count). The molecule has 1 N–H and O–H groups in total. The fourth-order valence-electron chi connectivity index (χ4n) is 1.09. The minimum absolute atomic E-state index is 0.465. The standard InChI is InChI=1S/C9H7BrN2O2/c10-8-2-1-7(14-8)9(13)6-3-11-5-12-4-6/h1-5,9,13H. The normalized spacial score (nSPS) is 12.7. The molecular formula is C9H7BrN2O2. The van der Waals surface area contributed by atoms with E-state index in [2.05, 4.69) is 25.9 Å². The zero-order valence-electron chi connectivity index (χ0n) is 7.09. The summed E-state index contributed by atoms with van der Waals surface area (Å²) in [7, 11) is 0. The monoisotopic (exact) mass is 254 g/mol. The molecule has 0 radical (unpaired) electrons. The van der Waals surface area contributed by atoms with Crippen molar-refractivity contribution in [1.29, 1.82) is 0 Å². The average Bonchev–Trinajstić information content (AvgIpc) is 2.65. The van der Waals surface area contributed by atoms with Gasteiger partial charge in [0, 0.05) is 18.0 Å². The molecule has 2 aromatic heterocycles. The molecule has 5 heteroatoms. The van der Waals surface area contributed by atoms with Gasteiger partial charge in [-0.3, -0.25) is 0 Å². The summed E-state index contributed by atoms with van der Waals surface area (Å²) in [5, 5.41) is 9.81. The number of hydrogen-bond donors (Lipinski definition) is 1. The van der Waals surface area contributed by atoms with Crippen molar-refractivity contribution >= 4 is 15.9 Å². The summed E-state index contributed by atoms with van der Waals surface area (Å²) in [6, 6.07) is 3.42. The number of furan rings is 1. The minimum Gasteiger partial charge on any atom is -0.451 e. The van der Waals surface area contributed by atoms with E-state index in [0.717, 1.165) is 0 Å². The number of halogens is 1. The maximum atomic E-state index is 9.81. The third-order valence-corrected chi connectivity index (χ3v) is 2.19. The van der Waals surface area contributed by atoms with Crippen LogP contribution in [0, 0.1) is 0 Å². The summed E-state index contributed by atoms with van der Waals surface area (Å²) in [5.74, 6) is 0.465. The van der Waals surface area contributed by atoms with Crippen LogP contribution < -0.4 is 0 Å². The van der Waals surface area contributed by atoms with Crippen LogP contribution in [0.1, 0.15) is 17.4 Å². The third-order valence-electron chi connectivity index (χ3n) is 1.76. The summed E-state index contributed by atoms with van der Waals surface area (Å²) in [6.07, 6.45) is 3.69. The Morgan fingerprint density at radius 2 is 2.00 bits per heavy atom. The fraction of sp³-hybridized carbons (Fsp3) is 0.111. The van der Waals surface area contributed by atoms with E-state index in [-0.39, 0.29) is 0 Å². The molecule has 0 aliphatic heterocycles. The molecule has 0 fully saturated rings. The van der Waals surface area contributed by atoms with Crippen LogP contribution in [0.2, 0.25) is 0 Å². The van der Waals surface area contributed by atoms with Gasteiger partial charge >= 0.3 is 0 Å². The van der Waals surface area contributed by atoms with Crippen molar-refractivity contribution in [3.05, 3.63) is 46.8 Å². The van der Waals surface area contributed by atoms with Gasteiger partial charge in [0.1, 0.15) is 18.2 Å². The SMILES string of the molecule is OC(c1cncnc1)c1ccc(Br)o1. The summed E-state index contributed by atoms with van der Waals surface area (Å²) < 4.78 is 5.80. The molecule has 1 unspecified atom stereocenters. The summed E-state index contributed by atoms with van der Waals surface area (Å²) in [6.45, 7) is 0. The second-order valence-corrected chi connectivity index (χ2v) is 3.50. The number of aliphatic hydroxyl groups excluding tert-OH is 1. The Kier molecular flexibility index (Phi) is 2.60. The second-order valence-electron chi connectivity index (χ2n) is 2.72. The van der Waals surface area contributed by atoms with Gasteiger partial charge in [0.25, 0.3) is 0 Å². The number of aromatic nitrogens is 2. The van der Waals surface area contributed by atoms with Crippen LogP contribution in [0.3, 0.4) is 0 Å². The highest BCUT2D eigenvalue weighted by molar-refractivity contribution is 9.10. The number of aliphatic hydroxyl groups is 1.